The minimum absolute atomic E-state index is 0.158. The summed E-state index contributed by atoms with van der Waals surface area (Å²) in [5.74, 6) is 0.257. The number of aromatic nitrogens is 2. The van der Waals surface area contributed by atoms with E-state index in [1.807, 2.05) is 23.6 Å². The Bertz CT molecular complexity index is 740. The molecule has 20 heavy (non-hydrogen) atoms. The average Bonchev–Trinajstić information content (AvgIpc) is 3.09. The molecule has 100 valence electrons. The lowest BCUT2D eigenvalue weighted by atomic mass is 10.2. The molecule has 1 aromatic carbocycles. The van der Waals surface area contributed by atoms with Crippen molar-refractivity contribution in [3.05, 3.63) is 51.5 Å². The summed E-state index contributed by atoms with van der Waals surface area (Å²) in [5.41, 5.74) is 1.43. The minimum atomic E-state index is -0.158. The molecule has 0 saturated heterocycles. The van der Waals surface area contributed by atoms with Crippen LogP contribution in [0, 0.1) is 0 Å². The van der Waals surface area contributed by atoms with Crippen LogP contribution in [0.3, 0.4) is 0 Å². The predicted molar refractivity (Wildman–Crippen MR) is 79.7 cm³/mol. The number of nitrogens with one attached hydrogen (secondary N) is 1. The van der Waals surface area contributed by atoms with Crippen LogP contribution in [0.5, 0.6) is 0 Å². The van der Waals surface area contributed by atoms with Crippen molar-refractivity contribution < 1.29 is 9.21 Å². The number of thiophene rings is 1. The quantitative estimate of drug-likeness (QED) is 0.780. The highest BCUT2D eigenvalue weighted by Crippen LogP contribution is 2.25. The monoisotopic (exact) mass is 349 g/mol. The molecule has 5 nitrogen and oxygen atoms in total. The smallest absolute Gasteiger partial charge is 0.266 e. The third-order valence-electron chi connectivity index (χ3n) is 2.55. The van der Waals surface area contributed by atoms with Gasteiger partial charge in [0.1, 0.15) is 4.88 Å². The van der Waals surface area contributed by atoms with Crippen molar-refractivity contribution in [3.63, 3.8) is 0 Å². The Balaban J connectivity index is 1.83. The first-order valence-electron chi connectivity index (χ1n) is 5.65. The highest BCUT2D eigenvalue weighted by Gasteiger charge is 2.12. The number of hydrogen-bond donors (Lipinski definition) is 1. The van der Waals surface area contributed by atoms with Crippen LogP contribution in [0.25, 0.3) is 11.5 Å². The van der Waals surface area contributed by atoms with Crippen molar-refractivity contribution in [2.45, 2.75) is 0 Å². The third-order valence-corrected chi connectivity index (χ3v) is 4.39. The Morgan fingerprint density at radius 1 is 1.35 bits per heavy atom. The van der Waals surface area contributed by atoms with Crippen LogP contribution in [-0.4, -0.2) is 16.1 Å². The third kappa shape index (κ3) is 2.63. The van der Waals surface area contributed by atoms with E-state index in [1.165, 1.54) is 17.7 Å². The molecule has 0 atom stereocenters. The van der Waals surface area contributed by atoms with E-state index in [-0.39, 0.29) is 5.91 Å². The van der Waals surface area contributed by atoms with Gasteiger partial charge in [-0.3, -0.25) is 4.79 Å². The summed E-state index contributed by atoms with van der Waals surface area (Å²) >= 11 is 4.72. The number of nitrogens with zero attached hydrogens (tertiary/aromatic N) is 2. The lowest BCUT2D eigenvalue weighted by Crippen LogP contribution is -2.10. The summed E-state index contributed by atoms with van der Waals surface area (Å²) in [6.45, 7) is 0. The zero-order valence-electron chi connectivity index (χ0n) is 10.0. The van der Waals surface area contributed by atoms with E-state index in [9.17, 15) is 4.79 Å². The van der Waals surface area contributed by atoms with Gasteiger partial charge in [0.25, 0.3) is 5.91 Å². The lowest BCUT2D eigenvalue weighted by Gasteiger charge is -2.05. The second-order valence-corrected chi connectivity index (χ2v) is 5.65. The van der Waals surface area contributed by atoms with Gasteiger partial charge in [0, 0.05) is 15.7 Å². The number of hydrogen-bond acceptors (Lipinski definition) is 5. The molecule has 0 aliphatic rings. The van der Waals surface area contributed by atoms with E-state index in [4.69, 9.17) is 4.42 Å². The van der Waals surface area contributed by atoms with Gasteiger partial charge in [0.2, 0.25) is 12.3 Å². The fourth-order valence-electron chi connectivity index (χ4n) is 1.67. The molecule has 2 aromatic heterocycles. The first-order chi connectivity index (χ1) is 9.74. The summed E-state index contributed by atoms with van der Waals surface area (Å²) in [5, 5.41) is 12.2. The normalized spacial score (nSPS) is 10.4. The summed E-state index contributed by atoms with van der Waals surface area (Å²) < 4.78 is 5.92. The Labute approximate surface area is 126 Å². The van der Waals surface area contributed by atoms with Crippen LogP contribution in [0.15, 0.2) is 51.0 Å². The Kier molecular flexibility index (Phi) is 3.62. The molecule has 3 rings (SSSR count). The van der Waals surface area contributed by atoms with Crippen LogP contribution in [0.1, 0.15) is 9.67 Å². The average molecular weight is 350 g/mol. The van der Waals surface area contributed by atoms with Gasteiger partial charge < -0.3 is 9.73 Å². The molecular formula is C13H8BrN3O2S. The zero-order chi connectivity index (χ0) is 13.9. The van der Waals surface area contributed by atoms with E-state index >= 15 is 0 Å². The molecule has 0 fully saturated rings. The number of carbonyl (C=O) groups excluding carboxylic acids is 1. The molecule has 7 heteroatoms. The maximum atomic E-state index is 12.1. The molecule has 2 heterocycles. The molecule has 1 amide bonds. The first-order valence-corrected chi connectivity index (χ1v) is 7.32. The molecule has 1 N–H and O–H groups in total. The van der Waals surface area contributed by atoms with Crippen molar-refractivity contribution in [3.8, 4) is 11.5 Å². The highest BCUT2D eigenvalue weighted by molar-refractivity contribution is 9.10. The summed E-state index contributed by atoms with van der Waals surface area (Å²) in [6.07, 6.45) is 1.27. The number of amides is 1. The molecule has 0 radical (unpaired) electrons. The van der Waals surface area contributed by atoms with E-state index in [0.29, 0.717) is 16.5 Å². The van der Waals surface area contributed by atoms with Crippen molar-refractivity contribution in [1.82, 2.24) is 10.2 Å². The molecule has 0 spiro atoms. The molecule has 3 aromatic rings. The van der Waals surface area contributed by atoms with Crippen LogP contribution >= 0.6 is 27.3 Å². The van der Waals surface area contributed by atoms with Gasteiger partial charge in [0.05, 0.1) is 0 Å². The Morgan fingerprint density at radius 3 is 2.95 bits per heavy atom. The number of carbonyl (C=O) groups is 1. The fraction of sp³-hybridized carbons (Fsp3) is 0. The fourth-order valence-corrected chi connectivity index (χ4v) is 3.12. The van der Waals surface area contributed by atoms with E-state index in [2.05, 4.69) is 31.4 Å². The van der Waals surface area contributed by atoms with Crippen LogP contribution in [-0.2, 0) is 0 Å². The van der Waals surface area contributed by atoms with Gasteiger partial charge in [-0.1, -0.05) is 6.07 Å². The second-order valence-electron chi connectivity index (χ2n) is 3.88. The lowest BCUT2D eigenvalue weighted by molar-refractivity contribution is 0.103. The zero-order valence-corrected chi connectivity index (χ0v) is 12.4. The molecular weight excluding hydrogens is 342 g/mol. The van der Waals surface area contributed by atoms with Gasteiger partial charge in [-0.05, 0) is 45.6 Å². The standard InChI is InChI=1S/C13H8BrN3O2S/c14-10-4-5-20-11(10)12(18)16-9-3-1-2-8(6-9)13-17-15-7-19-13/h1-7H,(H,16,18). The number of rotatable bonds is 3. The van der Waals surface area contributed by atoms with E-state index in [0.717, 1.165) is 10.0 Å². The number of anilines is 1. The molecule has 0 saturated carbocycles. The second kappa shape index (κ2) is 5.56. The van der Waals surface area contributed by atoms with Crippen molar-refractivity contribution in [1.29, 1.82) is 0 Å². The van der Waals surface area contributed by atoms with Gasteiger partial charge in [-0.2, -0.15) is 0 Å². The van der Waals surface area contributed by atoms with E-state index in [1.54, 1.807) is 12.1 Å². The Morgan fingerprint density at radius 2 is 2.25 bits per heavy atom. The van der Waals surface area contributed by atoms with Crippen molar-refractivity contribution in [2.75, 3.05) is 5.32 Å². The van der Waals surface area contributed by atoms with Crippen LogP contribution in [0.2, 0.25) is 0 Å². The SMILES string of the molecule is O=C(Nc1cccc(-c2nnco2)c1)c1sccc1Br. The predicted octanol–water partition coefficient (Wildman–Crippen LogP) is 3.81. The molecule has 0 bridgehead atoms. The molecule has 0 unspecified atom stereocenters. The maximum absolute atomic E-state index is 12.1. The maximum Gasteiger partial charge on any atom is 0.266 e. The molecule has 0 aliphatic heterocycles. The summed E-state index contributed by atoms with van der Waals surface area (Å²) in [4.78, 5) is 12.7. The highest BCUT2D eigenvalue weighted by atomic mass is 79.9. The van der Waals surface area contributed by atoms with Crippen LogP contribution < -0.4 is 5.32 Å². The van der Waals surface area contributed by atoms with Crippen molar-refractivity contribution >= 4 is 38.9 Å². The Hall–Kier alpha value is -1.99. The summed E-state index contributed by atoms with van der Waals surface area (Å²) in [6, 6.07) is 9.09. The van der Waals surface area contributed by atoms with Gasteiger partial charge in [0.15, 0.2) is 0 Å². The van der Waals surface area contributed by atoms with Gasteiger partial charge in [-0.25, -0.2) is 0 Å². The largest absolute Gasteiger partial charge is 0.423 e. The first kappa shape index (κ1) is 13.0. The minimum Gasteiger partial charge on any atom is -0.423 e. The molecule has 0 aliphatic carbocycles. The van der Waals surface area contributed by atoms with Gasteiger partial charge in [-0.15, -0.1) is 21.5 Å². The van der Waals surface area contributed by atoms with Crippen LogP contribution in [0.4, 0.5) is 5.69 Å². The van der Waals surface area contributed by atoms with Gasteiger partial charge >= 0.3 is 0 Å². The number of halogens is 1. The van der Waals surface area contributed by atoms with Crippen molar-refractivity contribution in [2.24, 2.45) is 0 Å². The summed E-state index contributed by atoms with van der Waals surface area (Å²) in [7, 11) is 0. The topological polar surface area (TPSA) is 68.0 Å². The van der Waals surface area contributed by atoms with E-state index < -0.39 is 0 Å². The number of benzene rings is 1.